The van der Waals surface area contributed by atoms with Crippen LogP contribution in [0.3, 0.4) is 0 Å². The van der Waals surface area contributed by atoms with Gasteiger partial charge in [0.05, 0.1) is 0 Å². The Kier molecular flexibility index (Phi) is 4.29. The van der Waals surface area contributed by atoms with Gasteiger partial charge in [-0.3, -0.25) is 0 Å². The van der Waals surface area contributed by atoms with E-state index < -0.39 is 0 Å². The van der Waals surface area contributed by atoms with E-state index in [1.54, 1.807) is 6.07 Å². The maximum absolute atomic E-state index is 5.88. The monoisotopic (exact) mass is 257 g/mol. The number of thioether (sulfide) groups is 1. The van der Waals surface area contributed by atoms with Gasteiger partial charge >= 0.3 is 0 Å². The van der Waals surface area contributed by atoms with Gasteiger partial charge in [-0.05, 0) is 37.2 Å². The van der Waals surface area contributed by atoms with Gasteiger partial charge in [-0.15, -0.1) is 0 Å². The molecule has 2 rings (SSSR count). The Balaban J connectivity index is 1.88. The van der Waals surface area contributed by atoms with Gasteiger partial charge in [0.15, 0.2) is 0 Å². The van der Waals surface area contributed by atoms with Crippen LogP contribution in [0, 0.1) is 12.8 Å². The van der Waals surface area contributed by atoms with Gasteiger partial charge in [-0.25, -0.2) is 9.97 Å². The Morgan fingerprint density at radius 1 is 1.44 bits per heavy atom. The van der Waals surface area contributed by atoms with E-state index in [1.165, 1.54) is 24.3 Å². The van der Waals surface area contributed by atoms with Crippen LogP contribution in [0.1, 0.15) is 18.7 Å². The number of aromatic nitrogens is 2. The topological polar surface area (TPSA) is 37.8 Å². The molecule has 1 aromatic heterocycles. The highest BCUT2D eigenvalue weighted by atomic mass is 35.5. The van der Waals surface area contributed by atoms with Crippen molar-refractivity contribution in [1.82, 2.24) is 9.97 Å². The second kappa shape index (κ2) is 5.73. The lowest BCUT2D eigenvalue weighted by Crippen LogP contribution is -2.19. The molecule has 1 fully saturated rings. The molecular formula is C11H16ClN3S. The van der Waals surface area contributed by atoms with Crippen molar-refractivity contribution >= 4 is 29.2 Å². The first kappa shape index (κ1) is 12.0. The van der Waals surface area contributed by atoms with Crippen molar-refractivity contribution in [3.63, 3.8) is 0 Å². The molecular weight excluding hydrogens is 242 g/mol. The smallest absolute Gasteiger partial charge is 0.134 e. The fourth-order valence-electron chi connectivity index (χ4n) is 1.82. The minimum atomic E-state index is 0.509. The van der Waals surface area contributed by atoms with Gasteiger partial charge in [-0.1, -0.05) is 11.6 Å². The van der Waals surface area contributed by atoms with E-state index >= 15 is 0 Å². The summed E-state index contributed by atoms with van der Waals surface area (Å²) in [6, 6.07) is 1.78. The number of halogens is 1. The van der Waals surface area contributed by atoms with E-state index in [0.717, 1.165) is 18.3 Å². The van der Waals surface area contributed by atoms with Crippen molar-refractivity contribution in [2.45, 2.75) is 19.8 Å². The van der Waals surface area contributed by atoms with E-state index in [9.17, 15) is 0 Å². The number of nitrogens with zero attached hydrogens (tertiary/aromatic N) is 2. The van der Waals surface area contributed by atoms with Gasteiger partial charge in [0.1, 0.15) is 16.8 Å². The molecule has 0 amide bonds. The van der Waals surface area contributed by atoms with Crippen LogP contribution < -0.4 is 5.32 Å². The molecule has 0 spiro atoms. The van der Waals surface area contributed by atoms with E-state index in [4.69, 9.17) is 11.6 Å². The van der Waals surface area contributed by atoms with E-state index in [1.807, 2.05) is 6.92 Å². The minimum absolute atomic E-state index is 0.509. The zero-order valence-electron chi connectivity index (χ0n) is 9.37. The standard InChI is InChI=1S/C11H16ClN3S/c1-8-14-10(12)6-11(15-8)13-7-9-2-4-16-5-3-9/h6,9H,2-5,7H2,1H3,(H,13,14,15). The second-order valence-corrected chi connectivity index (χ2v) is 5.67. The summed E-state index contributed by atoms with van der Waals surface area (Å²) in [5.41, 5.74) is 0. The summed E-state index contributed by atoms with van der Waals surface area (Å²) in [7, 11) is 0. The predicted molar refractivity (Wildman–Crippen MR) is 70.3 cm³/mol. The lowest BCUT2D eigenvalue weighted by Gasteiger charge is -2.21. The van der Waals surface area contributed by atoms with Crippen molar-refractivity contribution in [2.24, 2.45) is 5.92 Å². The third-order valence-electron chi connectivity index (χ3n) is 2.72. The Labute approximate surface area is 105 Å². The average Bonchev–Trinajstić information content (AvgIpc) is 2.27. The summed E-state index contributed by atoms with van der Waals surface area (Å²) in [6.07, 6.45) is 2.60. The zero-order valence-corrected chi connectivity index (χ0v) is 10.9. The maximum Gasteiger partial charge on any atom is 0.134 e. The molecule has 5 heteroatoms. The van der Waals surface area contributed by atoms with Crippen molar-refractivity contribution in [3.05, 3.63) is 17.0 Å². The molecule has 1 aromatic rings. The molecule has 0 aliphatic carbocycles. The summed E-state index contributed by atoms with van der Waals surface area (Å²) in [6.45, 7) is 2.85. The molecule has 1 aliphatic heterocycles. The molecule has 0 radical (unpaired) electrons. The lowest BCUT2D eigenvalue weighted by molar-refractivity contribution is 0.515. The van der Waals surface area contributed by atoms with E-state index in [2.05, 4.69) is 27.0 Å². The van der Waals surface area contributed by atoms with Gasteiger partial charge in [0.25, 0.3) is 0 Å². The third kappa shape index (κ3) is 3.52. The molecule has 1 aliphatic rings. The zero-order chi connectivity index (χ0) is 11.4. The van der Waals surface area contributed by atoms with Gasteiger partial charge in [-0.2, -0.15) is 11.8 Å². The number of rotatable bonds is 3. The lowest BCUT2D eigenvalue weighted by atomic mass is 10.0. The highest BCUT2D eigenvalue weighted by Crippen LogP contribution is 2.23. The molecule has 16 heavy (non-hydrogen) atoms. The third-order valence-corrected chi connectivity index (χ3v) is 3.96. The van der Waals surface area contributed by atoms with Crippen molar-refractivity contribution in [3.8, 4) is 0 Å². The highest BCUT2D eigenvalue weighted by Gasteiger charge is 2.13. The van der Waals surface area contributed by atoms with Crippen LogP contribution in [0.5, 0.6) is 0 Å². The molecule has 3 nitrogen and oxygen atoms in total. The molecule has 0 atom stereocenters. The summed E-state index contributed by atoms with van der Waals surface area (Å²) in [5, 5.41) is 3.86. The molecule has 1 saturated heterocycles. The van der Waals surface area contributed by atoms with Crippen LogP contribution in [0.15, 0.2) is 6.07 Å². The first-order valence-corrected chi connectivity index (χ1v) is 7.10. The van der Waals surface area contributed by atoms with Crippen LogP contribution in [0.25, 0.3) is 0 Å². The van der Waals surface area contributed by atoms with Gasteiger partial charge < -0.3 is 5.32 Å². The number of aryl methyl sites for hydroxylation is 1. The molecule has 0 saturated carbocycles. The Morgan fingerprint density at radius 3 is 2.88 bits per heavy atom. The van der Waals surface area contributed by atoms with Crippen molar-refractivity contribution in [2.75, 3.05) is 23.4 Å². The molecule has 2 heterocycles. The summed E-state index contributed by atoms with van der Waals surface area (Å²) in [5.74, 6) is 4.91. The molecule has 0 unspecified atom stereocenters. The second-order valence-electron chi connectivity index (χ2n) is 4.06. The fourth-order valence-corrected chi connectivity index (χ4v) is 3.25. The first-order chi connectivity index (χ1) is 7.74. The maximum atomic E-state index is 5.88. The summed E-state index contributed by atoms with van der Waals surface area (Å²) < 4.78 is 0. The number of anilines is 1. The van der Waals surface area contributed by atoms with Crippen molar-refractivity contribution in [1.29, 1.82) is 0 Å². The Hall–Kier alpha value is -0.480. The van der Waals surface area contributed by atoms with Gasteiger partial charge in [0.2, 0.25) is 0 Å². The highest BCUT2D eigenvalue weighted by molar-refractivity contribution is 7.99. The van der Waals surface area contributed by atoms with Crippen LogP contribution in [-0.2, 0) is 0 Å². The van der Waals surface area contributed by atoms with Gasteiger partial charge in [0, 0.05) is 12.6 Å². The first-order valence-electron chi connectivity index (χ1n) is 5.57. The van der Waals surface area contributed by atoms with E-state index in [0.29, 0.717) is 11.0 Å². The van der Waals surface area contributed by atoms with Crippen LogP contribution in [0.4, 0.5) is 5.82 Å². The number of hydrogen-bond donors (Lipinski definition) is 1. The molecule has 0 bridgehead atoms. The van der Waals surface area contributed by atoms with Crippen molar-refractivity contribution < 1.29 is 0 Å². The SMILES string of the molecule is Cc1nc(Cl)cc(NCC2CCSCC2)n1. The summed E-state index contributed by atoms with van der Waals surface area (Å²) in [4.78, 5) is 8.35. The molecule has 1 N–H and O–H groups in total. The average molecular weight is 258 g/mol. The molecule has 88 valence electrons. The predicted octanol–water partition coefficient (Wildman–Crippen LogP) is 2.99. The number of hydrogen-bond acceptors (Lipinski definition) is 4. The quantitative estimate of drug-likeness (QED) is 0.845. The van der Waals surface area contributed by atoms with Crippen LogP contribution >= 0.6 is 23.4 Å². The normalized spacial score (nSPS) is 17.4. The largest absolute Gasteiger partial charge is 0.370 e. The van der Waals surface area contributed by atoms with Crippen LogP contribution in [-0.4, -0.2) is 28.0 Å². The Bertz CT molecular complexity index is 333. The minimum Gasteiger partial charge on any atom is -0.370 e. The van der Waals surface area contributed by atoms with Crippen LogP contribution in [0.2, 0.25) is 5.15 Å². The number of nitrogens with one attached hydrogen (secondary N) is 1. The summed E-state index contributed by atoms with van der Waals surface area (Å²) >= 11 is 7.93. The van der Waals surface area contributed by atoms with E-state index in [-0.39, 0.29) is 0 Å². The molecule has 0 aromatic carbocycles. The fraction of sp³-hybridized carbons (Fsp3) is 0.636. The Morgan fingerprint density at radius 2 is 2.19 bits per heavy atom.